The molecular weight excluding hydrogens is 294 g/mol. The van der Waals surface area contributed by atoms with Crippen LogP contribution in [-0.2, 0) is 9.53 Å². The van der Waals surface area contributed by atoms with Crippen molar-refractivity contribution in [3.05, 3.63) is 63.9 Å². The molecule has 0 spiro atoms. The molecule has 0 N–H and O–H groups in total. The molecule has 4 heteroatoms. The maximum atomic E-state index is 12.3. The first-order valence-electron chi connectivity index (χ1n) is 7.40. The molecule has 1 fully saturated rings. The van der Waals surface area contributed by atoms with Gasteiger partial charge >= 0.3 is 0 Å². The number of carbonyl (C=O) groups excluding carboxylic acids is 1. The van der Waals surface area contributed by atoms with Crippen molar-refractivity contribution in [2.75, 3.05) is 19.7 Å². The van der Waals surface area contributed by atoms with E-state index >= 15 is 0 Å². The number of ether oxygens (including phenoxy) is 1. The minimum Gasteiger partial charge on any atom is -0.370 e. The Morgan fingerprint density at radius 3 is 2.86 bits per heavy atom. The van der Waals surface area contributed by atoms with Crippen molar-refractivity contribution in [3.63, 3.8) is 0 Å². The molecule has 1 saturated heterocycles. The number of aryl methyl sites for hydroxylation is 1. The molecule has 0 bridgehead atoms. The fraction of sp³-hybridized carbons (Fsp3) is 0.278. The summed E-state index contributed by atoms with van der Waals surface area (Å²) in [5.74, 6) is 0.0478. The lowest BCUT2D eigenvalue weighted by Crippen LogP contribution is -2.41. The number of amides is 1. The normalized spacial score (nSPS) is 18.8. The zero-order valence-electron chi connectivity index (χ0n) is 12.6. The van der Waals surface area contributed by atoms with Gasteiger partial charge in [0.25, 0.3) is 0 Å². The van der Waals surface area contributed by atoms with Crippen LogP contribution in [0.3, 0.4) is 0 Å². The molecule has 1 aliphatic rings. The molecule has 0 aliphatic carbocycles. The highest BCUT2D eigenvalue weighted by atomic mass is 32.1. The van der Waals surface area contributed by atoms with Crippen molar-refractivity contribution in [3.8, 4) is 0 Å². The molecule has 0 radical (unpaired) electrons. The lowest BCUT2D eigenvalue weighted by molar-refractivity contribution is -0.133. The molecule has 3 rings (SSSR count). The third-order valence-corrected chi connectivity index (χ3v) is 4.49. The Hall–Kier alpha value is -1.91. The third kappa shape index (κ3) is 3.64. The van der Waals surface area contributed by atoms with Crippen LogP contribution in [0.2, 0.25) is 0 Å². The van der Waals surface area contributed by atoms with Crippen molar-refractivity contribution >= 4 is 23.3 Å². The largest absolute Gasteiger partial charge is 0.370 e. The van der Waals surface area contributed by atoms with Crippen molar-refractivity contribution in [2.24, 2.45) is 0 Å². The lowest BCUT2D eigenvalue weighted by Gasteiger charge is -2.32. The number of carbonyl (C=O) groups is 1. The number of hydrogen-bond acceptors (Lipinski definition) is 3. The second-order valence-corrected chi connectivity index (χ2v) is 6.22. The van der Waals surface area contributed by atoms with Crippen LogP contribution >= 0.6 is 11.3 Å². The second-order valence-electron chi connectivity index (χ2n) is 5.44. The van der Waals surface area contributed by atoms with Gasteiger partial charge in [0, 0.05) is 12.6 Å². The van der Waals surface area contributed by atoms with Crippen molar-refractivity contribution in [2.45, 2.75) is 13.0 Å². The molecular formula is C18H19NO2S. The average Bonchev–Trinajstić information content (AvgIpc) is 3.07. The fourth-order valence-electron chi connectivity index (χ4n) is 2.47. The molecule has 1 amide bonds. The number of hydrogen-bond donors (Lipinski definition) is 0. The summed E-state index contributed by atoms with van der Waals surface area (Å²) in [7, 11) is 0. The monoisotopic (exact) mass is 313 g/mol. The van der Waals surface area contributed by atoms with Gasteiger partial charge in [-0.15, -0.1) is 0 Å². The van der Waals surface area contributed by atoms with Gasteiger partial charge in [-0.05, 0) is 41.0 Å². The quantitative estimate of drug-likeness (QED) is 0.809. The molecule has 2 aromatic rings. The first kappa shape index (κ1) is 15.0. The maximum Gasteiger partial charge on any atom is 0.246 e. The van der Waals surface area contributed by atoms with Crippen molar-refractivity contribution < 1.29 is 9.53 Å². The van der Waals surface area contributed by atoms with Gasteiger partial charge in [0.05, 0.1) is 13.2 Å². The molecule has 1 atom stereocenters. The summed E-state index contributed by atoms with van der Waals surface area (Å²) in [6.07, 6.45) is 3.49. The predicted molar refractivity (Wildman–Crippen MR) is 89.8 cm³/mol. The molecule has 1 aromatic carbocycles. The topological polar surface area (TPSA) is 29.5 Å². The van der Waals surface area contributed by atoms with Crippen LogP contribution in [0.25, 0.3) is 6.08 Å². The van der Waals surface area contributed by atoms with E-state index in [0.29, 0.717) is 19.7 Å². The smallest absolute Gasteiger partial charge is 0.246 e. The summed E-state index contributed by atoms with van der Waals surface area (Å²) in [4.78, 5) is 14.2. The van der Waals surface area contributed by atoms with E-state index in [9.17, 15) is 4.79 Å². The SMILES string of the molecule is Cc1ccc(C2CN(C(=O)/C=C/c3ccsc3)CCO2)cc1. The molecule has 1 aliphatic heterocycles. The van der Waals surface area contributed by atoms with Gasteiger partial charge in [0.1, 0.15) is 6.10 Å². The van der Waals surface area contributed by atoms with Crippen LogP contribution in [-0.4, -0.2) is 30.5 Å². The summed E-state index contributed by atoms with van der Waals surface area (Å²) < 4.78 is 5.82. The third-order valence-electron chi connectivity index (χ3n) is 3.79. The zero-order valence-corrected chi connectivity index (χ0v) is 13.4. The van der Waals surface area contributed by atoms with E-state index in [0.717, 1.165) is 11.1 Å². The number of thiophene rings is 1. The molecule has 1 aromatic heterocycles. The average molecular weight is 313 g/mol. The zero-order chi connectivity index (χ0) is 15.4. The Balaban J connectivity index is 1.65. The summed E-state index contributed by atoms with van der Waals surface area (Å²) in [5.41, 5.74) is 3.43. The van der Waals surface area contributed by atoms with Gasteiger partial charge < -0.3 is 9.64 Å². The van der Waals surface area contributed by atoms with Gasteiger partial charge in [-0.25, -0.2) is 0 Å². The number of nitrogens with zero attached hydrogens (tertiary/aromatic N) is 1. The Kier molecular flexibility index (Phi) is 4.71. The molecule has 22 heavy (non-hydrogen) atoms. The summed E-state index contributed by atoms with van der Waals surface area (Å²) in [6.45, 7) is 3.90. The van der Waals surface area contributed by atoms with Gasteiger partial charge in [0.15, 0.2) is 0 Å². The number of benzene rings is 1. The highest BCUT2D eigenvalue weighted by Gasteiger charge is 2.24. The van der Waals surface area contributed by atoms with E-state index in [-0.39, 0.29) is 12.0 Å². The molecule has 2 heterocycles. The van der Waals surface area contributed by atoms with Crippen molar-refractivity contribution in [1.29, 1.82) is 0 Å². The minimum atomic E-state index is -0.0344. The Morgan fingerprint density at radius 1 is 1.32 bits per heavy atom. The van der Waals surface area contributed by atoms with E-state index in [1.165, 1.54) is 5.56 Å². The molecule has 1 unspecified atom stereocenters. The highest BCUT2D eigenvalue weighted by molar-refractivity contribution is 7.08. The van der Waals surface area contributed by atoms with E-state index < -0.39 is 0 Å². The maximum absolute atomic E-state index is 12.3. The van der Waals surface area contributed by atoms with Crippen LogP contribution in [0.4, 0.5) is 0 Å². The number of morpholine rings is 1. The van der Waals surface area contributed by atoms with Gasteiger partial charge in [0.2, 0.25) is 5.91 Å². The Labute approximate surface area is 134 Å². The molecule has 114 valence electrons. The first-order valence-corrected chi connectivity index (χ1v) is 8.34. The van der Waals surface area contributed by atoms with Gasteiger partial charge in [-0.1, -0.05) is 29.8 Å². The van der Waals surface area contributed by atoms with E-state index in [4.69, 9.17) is 4.74 Å². The van der Waals surface area contributed by atoms with Crippen LogP contribution in [0.1, 0.15) is 22.8 Å². The summed E-state index contributed by atoms with van der Waals surface area (Å²) >= 11 is 1.63. The predicted octanol–water partition coefficient (Wildman–Crippen LogP) is 3.67. The minimum absolute atomic E-state index is 0.0344. The highest BCUT2D eigenvalue weighted by Crippen LogP contribution is 2.23. The second kappa shape index (κ2) is 6.90. The number of rotatable bonds is 3. The van der Waals surface area contributed by atoms with E-state index in [1.807, 2.05) is 27.8 Å². The van der Waals surface area contributed by atoms with Crippen molar-refractivity contribution in [1.82, 2.24) is 4.90 Å². The molecule has 0 saturated carbocycles. The van der Waals surface area contributed by atoms with E-state index in [1.54, 1.807) is 17.4 Å². The Bertz CT molecular complexity index is 646. The first-order chi connectivity index (χ1) is 10.7. The van der Waals surface area contributed by atoms with Crippen LogP contribution < -0.4 is 0 Å². The molecule has 3 nitrogen and oxygen atoms in total. The summed E-state index contributed by atoms with van der Waals surface area (Å²) in [6, 6.07) is 10.3. The van der Waals surface area contributed by atoms with Crippen LogP contribution in [0.5, 0.6) is 0 Å². The Morgan fingerprint density at radius 2 is 2.14 bits per heavy atom. The van der Waals surface area contributed by atoms with Gasteiger partial charge in [-0.2, -0.15) is 11.3 Å². The van der Waals surface area contributed by atoms with Gasteiger partial charge in [-0.3, -0.25) is 4.79 Å². The standard InChI is InChI=1S/C18H19NO2S/c1-14-2-5-16(6-3-14)17-12-19(9-10-21-17)18(20)7-4-15-8-11-22-13-15/h2-8,11,13,17H,9-10,12H2,1H3/b7-4+. The van der Waals surface area contributed by atoms with Crippen LogP contribution in [0, 0.1) is 6.92 Å². The fourth-order valence-corrected chi connectivity index (χ4v) is 3.10. The lowest BCUT2D eigenvalue weighted by atomic mass is 10.1. The van der Waals surface area contributed by atoms with Crippen LogP contribution in [0.15, 0.2) is 47.2 Å². The van der Waals surface area contributed by atoms with E-state index in [2.05, 4.69) is 31.2 Å². The summed E-state index contributed by atoms with van der Waals surface area (Å²) in [5, 5.41) is 4.03.